The summed E-state index contributed by atoms with van der Waals surface area (Å²) in [5, 5.41) is 6.37. The molecule has 5 heterocycles. The Labute approximate surface area is 365 Å². The maximum absolute atomic E-state index is 6.73. The Bertz CT molecular complexity index is 3660. The molecule has 11 aromatic rings. The summed E-state index contributed by atoms with van der Waals surface area (Å²) in [5.74, 6) is 0. The number of fused-ring (bicyclic) bond motifs is 13. The fourth-order valence-electron chi connectivity index (χ4n) is 10.9. The van der Waals surface area contributed by atoms with E-state index in [9.17, 15) is 0 Å². The van der Waals surface area contributed by atoms with Gasteiger partial charge in [-0.2, -0.15) is 0 Å². The monoisotopic (exact) mass is 814 g/mol. The number of furan rings is 1. The summed E-state index contributed by atoms with van der Waals surface area (Å²) in [6.45, 7) is 9.93. The number of hydrogen-bond acceptors (Lipinski definition) is 3. The predicted molar refractivity (Wildman–Crippen MR) is 266 cm³/mol. The van der Waals surface area contributed by atoms with Crippen molar-refractivity contribution in [1.29, 1.82) is 0 Å². The van der Waals surface area contributed by atoms with Crippen molar-refractivity contribution in [2.45, 2.75) is 39.5 Å². The van der Waals surface area contributed by atoms with Crippen molar-refractivity contribution in [2.24, 2.45) is 0 Å². The molecule has 0 unspecified atom stereocenters. The van der Waals surface area contributed by atoms with E-state index in [1.807, 2.05) is 11.3 Å². The second kappa shape index (κ2) is 13.1. The van der Waals surface area contributed by atoms with Crippen molar-refractivity contribution in [2.75, 3.05) is 11.4 Å². The number of rotatable bonds is 5. The molecule has 3 aromatic heterocycles. The summed E-state index contributed by atoms with van der Waals surface area (Å²) >= 11 is 1.93. The lowest BCUT2D eigenvalue weighted by atomic mass is 9.45. The Morgan fingerprint density at radius 2 is 1.35 bits per heavy atom. The van der Waals surface area contributed by atoms with Crippen LogP contribution in [0.3, 0.4) is 0 Å². The molecule has 0 amide bonds. The molecule has 0 N–H and O–H groups in total. The molecule has 296 valence electrons. The molecule has 8 aromatic carbocycles. The van der Waals surface area contributed by atoms with E-state index in [4.69, 9.17) is 4.42 Å². The average molecular weight is 815 g/mol. The molecule has 0 bridgehead atoms. The Hall–Kier alpha value is -6.82. The first kappa shape index (κ1) is 35.9. The normalized spacial score (nSPS) is 13.2. The topological polar surface area (TPSA) is 21.3 Å². The van der Waals surface area contributed by atoms with Crippen LogP contribution in [0, 0.1) is 6.92 Å². The summed E-state index contributed by atoms with van der Waals surface area (Å²) in [7, 11) is 0. The average Bonchev–Trinajstić information content (AvgIpc) is 3.97. The number of hydrogen-bond donors (Lipinski definition) is 0. The second-order valence-electron chi connectivity index (χ2n) is 18.4. The number of benzene rings is 8. The van der Waals surface area contributed by atoms with E-state index in [0.29, 0.717) is 0 Å². The van der Waals surface area contributed by atoms with Crippen molar-refractivity contribution < 1.29 is 4.42 Å². The maximum atomic E-state index is 6.73. The van der Waals surface area contributed by atoms with Crippen LogP contribution < -0.4 is 15.8 Å². The van der Waals surface area contributed by atoms with Gasteiger partial charge in [-0.1, -0.05) is 154 Å². The highest BCUT2D eigenvalue weighted by Gasteiger charge is 2.44. The van der Waals surface area contributed by atoms with Crippen LogP contribution in [0.15, 0.2) is 168 Å². The molecule has 0 atom stereocenters. The van der Waals surface area contributed by atoms with E-state index in [1.54, 1.807) is 0 Å². The van der Waals surface area contributed by atoms with Gasteiger partial charge in [-0.05, 0) is 105 Å². The minimum Gasteiger partial charge on any atom is -0.456 e. The quantitative estimate of drug-likeness (QED) is 0.161. The van der Waals surface area contributed by atoms with Gasteiger partial charge in [0.1, 0.15) is 11.2 Å². The molecule has 5 heteroatoms. The summed E-state index contributed by atoms with van der Waals surface area (Å²) in [6.07, 6.45) is 0.860. The van der Waals surface area contributed by atoms with Gasteiger partial charge in [-0.25, -0.2) is 0 Å². The SMILES string of the molecule is Cc1ccccc1-c1cc2c3c(c1)N(CCc1ccc(C(C)(C)C)cc1-c1ccccc1)c1c(ccc4oc5ccccc5c14)B3n1c3sc4ccccc4c3c3cccc-2c31. The lowest BCUT2D eigenvalue weighted by Gasteiger charge is -2.41. The highest BCUT2D eigenvalue weighted by molar-refractivity contribution is 7.26. The minimum absolute atomic E-state index is 0.0336. The molecule has 62 heavy (non-hydrogen) atoms. The number of aryl methyl sites for hydroxylation is 1. The van der Waals surface area contributed by atoms with Gasteiger partial charge in [0.15, 0.2) is 0 Å². The van der Waals surface area contributed by atoms with E-state index < -0.39 is 0 Å². The third-order valence-corrected chi connectivity index (χ3v) is 15.0. The van der Waals surface area contributed by atoms with Crippen molar-refractivity contribution in [3.63, 3.8) is 0 Å². The first-order valence-electron chi connectivity index (χ1n) is 21.9. The van der Waals surface area contributed by atoms with Crippen molar-refractivity contribution >= 4 is 93.6 Å². The molecule has 0 saturated heterocycles. The van der Waals surface area contributed by atoms with Gasteiger partial charge < -0.3 is 13.8 Å². The van der Waals surface area contributed by atoms with Gasteiger partial charge >= 0.3 is 6.85 Å². The smallest absolute Gasteiger partial charge is 0.333 e. The first-order chi connectivity index (χ1) is 30.3. The van der Waals surface area contributed by atoms with Crippen LogP contribution in [0.25, 0.3) is 86.5 Å². The minimum atomic E-state index is -0.0378. The van der Waals surface area contributed by atoms with Gasteiger partial charge in [0.25, 0.3) is 0 Å². The number of aromatic nitrogens is 1. The van der Waals surface area contributed by atoms with Crippen LogP contribution in [0.5, 0.6) is 0 Å². The predicted octanol–water partition coefficient (Wildman–Crippen LogP) is 14.2. The molecule has 0 saturated carbocycles. The standard InChI is InChI=1S/C57H43BN2OS/c1-34-15-8-9-18-39(34)37-31-45-40-21-14-22-43-51-42-20-11-13-24-50(42)62-56(51)60(54(40)43)58-46-27-28-49-52(41-19-10-12-23-48(41)61-49)55(46)59(47(32-37)53(45)58)30-29-36-25-26-38(57(2,3)4)33-44(36)35-16-6-5-7-17-35/h5-28,31-33H,29-30H2,1-4H3. The van der Waals surface area contributed by atoms with Crippen LogP contribution in [0.4, 0.5) is 11.4 Å². The van der Waals surface area contributed by atoms with Gasteiger partial charge in [-0.15, -0.1) is 11.3 Å². The molecular weight excluding hydrogens is 772 g/mol. The molecule has 2 aliphatic rings. The van der Waals surface area contributed by atoms with Crippen molar-refractivity contribution in [1.82, 2.24) is 4.48 Å². The fraction of sp³-hybridized carbons (Fsp3) is 0.123. The van der Waals surface area contributed by atoms with Gasteiger partial charge in [0.2, 0.25) is 0 Å². The van der Waals surface area contributed by atoms with E-state index in [-0.39, 0.29) is 12.3 Å². The van der Waals surface area contributed by atoms with Gasteiger partial charge in [0, 0.05) is 55.2 Å². The zero-order chi connectivity index (χ0) is 41.4. The van der Waals surface area contributed by atoms with Gasteiger partial charge in [0.05, 0.1) is 10.2 Å². The maximum Gasteiger partial charge on any atom is 0.333 e. The van der Waals surface area contributed by atoms with Crippen LogP contribution in [-0.4, -0.2) is 17.9 Å². The lowest BCUT2D eigenvalue weighted by Crippen LogP contribution is -2.57. The third kappa shape index (κ3) is 5.06. The molecule has 13 rings (SSSR count). The largest absolute Gasteiger partial charge is 0.456 e. The summed E-state index contributed by atoms with van der Waals surface area (Å²) < 4.78 is 10.8. The summed E-state index contributed by atoms with van der Waals surface area (Å²) in [6, 6.07) is 61.2. The zero-order valence-corrected chi connectivity index (χ0v) is 36.1. The van der Waals surface area contributed by atoms with Crippen molar-refractivity contribution in [3.05, 3.63) is 180 Å². The number of thiophene rings is 1. The summed E-state index contributed by atoms with van der Waals surface area (Å²) in [4.78, 5) is 4.01. The number of anilines is 2. The lowest BCUT2D eigenvalue weighted by molar-refractivity contribution is 0.590. The Kier molecular flexibility index (Phi) is 7.58. The highest BCUT2D eigenvalue weighted by atomic mass is 32.1. The van der Waals surface area contributed by atoms with Crippen LogP contribution >= 0.6 is 11.3 Å². The molecular formula is C57H43BN2OS. The molecule has 0 radical (unpaired) electrons. The van der Waals surface area contributed by atoms with Crippen molar-refractivity contribution in [3.8, 4) is 33.4 Å². The van der Waals surface area contributed by atoms with E-state index in [1.165, 1.54) is 109 Å². The highest BCUT2D eigenvalue weighted by Crippen LogP contribution is 2.50. The molecule has 0 aliphatic carbocycles. The van der Waals surface area contributed by atoms with Gasteiger partial charge in [-0.3, -0.25) is 0 Å². The first-order valence-corrected chi connectivity index (χ1v) is 22.7. The van der Waals surface area contributed by atoms with Crippen LogP contribution in [0.1, 0.15) is 37.5 Å². The molecule has 2 aliphatic heterocycles. The summed E-state index contributed by atoms with van der Waals surface area (Å²) in [5.41, 5.74) is 20.1. The number of nitrogens with zero attached hydrogens (tertiary/aromatic N) is 2. The third-order valence-electron chi connectivity index (χ3n) is 13.8. The molecule has 0 fully saturated rings. The molecule has 0 spiro atoms. The zero-order valence-electron chi connectivity index (χ0n) is 35.3. The Morgan fingerprint density at radius 3 is 2.21 bits per heavy atom. The second-order valence-corrected chi connectivity index (χ2v) is 19.4. The molecule has 3 nitrogen and oxygen atoms in total. The Morgan fingerprint density at radius 1 is 0.597 bits per heavy atom. The number of para-hydroxylation sites is 2. The van der Waals surface area contributed by atoms with E-state index >= 15 is 0 Å². The van der Waals surface area contributed by atoms with E-state index in [2.05, 4.69) is 201 Å². The Balaban J connectivity index is 1.13. The van der Waals surface area contributed by atoms with Crippen LogP contribution in [-0.2, 0) is 11.8 Å². The van der Waals surface area contributed by atoms with Crippen LogP contribution in [0.2, 0.25) is 0 Å². The fourth-order valence-corrected chi connectivity index (χ4v) is 12.2. The van der Waals surface area contributed by atoms with E-state index in [0.717, 1.165) is 29.5 Å².